The Kier molecular flexibility index (Phi) is 1.84. The van der Waals surface area contributed by atoms with Crippen molar-refractivity contribution < 1.29 is 4.79 Å². The van der Waals surface area contributed by atoms with Gasteiger partial charge in [0, 0.05) is 6.20 Å². The van der Waals surface area contributed by atoms with Gasteiger partial charge in [0.25, 0.3) is 0 Å². The largest absolute Gasteiger partial charge is 0.299 e. The summed E-state index contributed by atoms with van der Waals surface area (Å²) >= 11 is 0. The standard InChI is InChI=1S/C8H6N4O/c13-3-1-2-6-4-7-8(9-5-6)11-12-10-7/h1-5H,(H,9,10,11,12)/b2-1+. The third-order valence-corrected chi connectivity index (χ3v) is 1.56. The zero-order valence-corrected chi connectivity index (χ0v) is 6.64. The molecule has 0 fully saturated rings. The van der Waals surface area contributed by atoms with Gasteiger partial charge in [-0.15, -0.1) is 5.10 Å². The minimum absolute atomic E-state index is 0.572. The van der Waals surface area contributed by atoms with Crippen LogP contribution in [0.4, 0.5) is 0 Å². The highest BCUT2D eigenvalue weighted by Gasteiger charge is 1.97. The molecule has 0 saturated carbocycles. The minimum atomic E-state index is 0.572. The van der Waals surface area contributed by atoms with Gasteiger partial charge in [0.05, 0.1) is 0 Å². The van der Waals surface area contributed by atoms with Gasteiger partial charge in [0.1, 0.15) is 11.8 Å². The molecule has 2 aromatic rings. The second-order valence-electron chi connectivity index (χ2n) is 2.43. The van der Waals surface area contributed by atoms with E-state index in [-0.39, 0.29) is 0 Å². The third kappa shape index (κ3) is 1.44. The highest BCUT2D eigenvalue weighted by Crippen LogP contribution is 2.07. The number of rotatable bonds is 2. The van der Waals surface area contributed by atoms with Gasteiger partial charge in [0.15, 0.2) is 0 Å². The number of nitrogens with zero attached hydrogens (tertiary/aromatic N) is 3. The monoisotopic (exact) mass is 174 g/mol. The van der Waals surface area contributed by atoms with E-state index in [0.717, 1.165) is 5.56 Å². The van der Waals surface area contributed by atoms with E-state index in [9.17, 15) is 4.79 Å². The van der Waals surface area contributed by atoms with Crippen LogP contribution in [-0.4, -0.2) is 26.7 Å². The number of carbonyl (C=O) groups is 1. The van der Waals surface area contributed by atoms with Crippen molar-refractivity contribution in [2.45, 2.75) is 0 Å². The third-order valence-electron chi connectivity index (χ3n) is 1.56. The number of hydrogen-bond donors (Lipinski definition) is 1. The molecule has 0 aliphatic carbocycles. The van der Waals surface area contributed by atoms with Crippen LogP contribution in [0.25, 0.3) is 17.2 Å². The predicted octanol–water partition coefficient (Wildman–Crippen LogP) is 0.565. The Morgan fingerprint density at radius 1 is 1.38 bits per heavy atom. The van der Waals surface area contributed by atoms with E-state index in [2.05, 4.69) is 20.4 Å². The van der Waals surface area contributed by atoms with Crippen molar-refractivity contribution in [3.05, 3.63) is 23.9 Å². The maximum Gasteiger partial charge on any atom is 0.201 e. The fourth-order valence-corrected chi connectivity index (χ4v) is 0.998. The molecule has 13 heavy (non-hydrogen) atoms. The number of fused-ring (bicyclic) bond motifs is 1. The summed E-state index contributed by atoms with van der Waals surface area (Å²) in [6, 6.07) is 1.80. The number of H-pyrrole nitrogens is 1. The Morgan fingerprint density at radius 3 is 3.15 bits per heavy atom. The number of nitrogens with one attached hydrogen (secondary N) is 1. The minimum Gasteiger partial charge on any atom is -0.299 e. The van der Waals surface area contributed by atoms with Gasteiger partial charge in [-0.25, -0.2) is 4.98 Å². The van der Waals surface area contributed by atoms with Crippen molar-refractivity contribution in [1.82, 2.24) is 20.4 Å². The van der Waals surface area contributed by atoms with Crippen LogP contribution in [0.2, 0.25) is 0 Å². The zero-order chi connectivity index (χ0) is 9.10. The van der Waals surface area contributed by atoms with Crippen LogP contribution in [0.15, 0.2) is 18.3 Å². The number of allylic oxidation sites excluding steroid dienone is 1. The molecule has 2 rings (SSSR count). The van der Waals surface area contributed by atoms with Crippen molar-refractivity contribution in [2.75, 3.05) is 0 Å². The lowest BCUT2D eigenvalue weighted by molar-refractivity contribution is -0.104. The highest BCUT2D eigenvalue weighted by molar-refractivity contribution is 5.77. The van der Waals surface area contributed by atoms with Crippen molar-refractivity contribution >= 4 is 23.5 Å². The van der Waals surface area contributed by atoms with E-state index in [4.69, 9.17) is 0 Å². The van der Waals surface area contributed by atoms with Crippen LogP contribution in [0, 0.1) is 0 Å². The van der Waals surface area contributed by atoms with E-state index in [1.807, 2.05) is 0 Å². The molecule has 0 atom stereocenters. The second-order valence-corrected chi connectivity index (χ2v) is 2.43. The molecule has 5 nitrogen and oxygen atoms in total. The molecule has 64 valence electrons. The summed E-state index contributed by atoms with van der Waals surface area (Å²) in [6.45, 7) is 0. The summed E-state index contributed by atoms with van der Waals surface area (Å²) in [5.41, 5.74) is 2.09. The Balaban J connectivity index is 2.47. The van der Waals surface area contributed by atoms with Crippen LogP contribution in [0.3, 0.4) is 0 Å². The molecule has 0 spiro atoms. The maximum atomic E-state index is 10.1. The second kappa shape index (κ2) is 3.14. The zero-order valence-electron chi connectivity index (χ0n) is 6.64. The molecular formula is C8H6N4O. The lowest BCUT2D eigenvalue weighted by Crippen LogP contribution is -1.79. The Hall–Kier alpha value is -2.04. The first kappa shape index (κ1) is 7.60. The summed E-state index contributed by atoms with van der Waals surface area (Å²) < 4.78 is 0. The van der Waals surface area contributed by atoms with E-state index in [1.54, 1.807) is 18.3 Å². The Morgan fingerprint density at radius 2 is 2.31 bits per heavy atom. The predicted molar refractivity (Wildman–Crippen MR) is 46.8 cm³/mol. The first-order valence-corrected chi connectivity index (χ1v) is 3.68. The van der Waals surface area contributed by atoms with E-state index < -0.39 is 0 Å². The SMILES string of the molecule is O=C/C=C/c1cnc2n[nH]nc2c1. The summed E-state index contributed by atoms with van der Waals surface area (Å²) in [5.74, 6) is 0. The fourth-order valence-electron chi connectivity index (χ4n) is 0.998. The fraction of sp³-hybridized carbons (Fsp3) is 0. The van der Waals surface area contributed by atoms with Crippen molar-refractivity contribution in [1.29, 1.82) is 0 Å². The van der Waals surface area contributed by atoms with Crippen molar-refractivity contribution in [3.8, 4) is 0 Å². The Labute approximate surface area is 73.5 Å². The molecule has 0 aromatic carbocycles. The number of aldehydes is 1. The molecule has 0 bridgehead atoms. The summed E-state index contributed by atoms with van der Waals surface area (Å²) in [5, 5.41) is 10.1. The highest BCUT2D eigenvalue weighted by atomic mass is 16.1. The smallest absolute Gasteiger partial charge is 0.201 e. The van der Waals surface area contributed by atoms with Gasteiger partial charge in [-0.3, -0.25) is 4.79 Å². The molecule has 0 aliphatic rings. The van der Waals surface area contributed by atoms with Crippen molar-refractivity contribution in [3.63, 3.8) is 0 Å². The van der Waals surface area contributed by atoms with Gasteiger partial charge < -0.3 is 0 Å². The van der Waals surface area contributed by atoms with Crippen LogP contribution in [0.1, 0.15) is 5.56 Å². The van der Waals surface area contributed by atoms with Gasteiger partial charge in [-0.05, 0) is 17.7 Å². The summed E-state index contributed by atoms with van der Waals surface area (Å²) in [6.07, 6.45) is 5.41. The summed E-state index contributed by atoms with van der Waals surface area (Å²) in [4.78, 5) is 14.1. The molecule has 0 radical (unpaired) electrons. The quantitative estimate of drug-likeness (QED) is 0.533. The average molecular weight is 174 g/mol. The van der Waals surface area contributed by atoms with E-state index in [0.29, 0.717) is 17.5 Å². The number of pyridine rings is 1. The van der Waals surface area contributed by atoms with E-state index >= 15 is 0 Å². The van der Waals surface area contributed by atoms with Crippen LogP contribution >= 0.6 is 0 Å². The summed E-state index contributed by atoms with van der Waals surface area (Å²) in [7, 11) is 0. The first-order chi connectivity index (χ1) is 6.40. The van der Waals surface area contributed by atoms with Crippen LogP contribution in [0.5, 0.6) is 0 Å². The normalized spacial score (nSPS) is 11.1. The number of aromatic nitrogens is 4. The first-order valence-electron chi connectivity index (χ1n) is 3.68. The molecule has 0 unspecified atom stereocenters. The lowest BCUT2D eigenvalue weighted by Gasteiger charge is -1.89. The van der Waals surface area contributed by atoms with Crippen LogP contribution in [-0.2, 0) is 4.79 Å². The topological polar surface area (TPSA) is 71.5 Å². The van der Waals surface area contributed by atoms with Gasteiger partial charge in [-0.2, -0.15) is 10.3 Å². The molecule has 0 amide bonds. The average Bonchev–Trinajstić information content (AvgIpc) is 2.61. The molecular weight excluding hydrogens is 168 g/mol. The molecule has 0 saturated heterocycles. The lowest BCUT2D eigenvalue weighted by atomic mass is 10.2. The number of hydrogen-bond acceptors (Lipinski definition) is 4. The number of aromatic amines is 1. The molecule has 2 heterocycles. The molecule has 1 N–H and O–H groups in total. The maximum absolute atomic E-state index is 10.1. The Bertz CT molecular complexity index is 460. The molecule has 0 aliphatic heterocycles. The number of carbonyl (C=O) groups excluding carboxylic acids is 1. The van der Waals surface area contributed by atoms with E-state index in [1.165, 1.54) is 6.08 Å². The van der Waals surface area contributed by atoms with Gasteiger partial charge in [0.2, 0.25) is 5.65 Å². The molecule has 2 aromatic heterocycles. The van der Waals surface area contributed by atoms with Crippen LogP contribution < -0.4 is 0 Å². The van der Waals surface area contributed by atoms with Crippen molar-refractivity contribution in [2.24, 2.45) is 0 Å². The molecule has 5 heteroatoms. The van der Waals surface area contributed by atoms with Gasteiger partial charge >= 0.3 is 0 Å². The van der Waals surface area contributed by atoms with Gasteiger partial charge in [-0.1, -0.05) is 6.08 Å².